The number of hydrogen-bond donors (Lipinski definition) is 1. The minimum absolute atomic E-state index is 0.237. The SMILES string of the molecule is CCN(CC)S(=O)(=O)c1ccc(/C=C/C(=O)NCc2nnc3ccccn23)cc1. The van der Waals surface area contributed by atoms with Crippen LogP contribution in [0.25, 0.3) is 11.7 Å². The Hall–Kier alpha value is -3.04. The molecule has 0 aliphatic rings. The highest BCUT2D eigenvalue weighted by Crippen LogP contribution is 2.16. The molecule has 0 unspecified atom stereocenters. The molecule has 152 valence electrons. The molecule has 29 heavy (non-hydrogen) atoms. The van der Waals surface area contributed by atoms with Crippen LogP contribution in [0, 0.1) is 0 Å². The van der Waals surface area contributed by atoms with Crippen LogP contribution in [-0.2, 0) is 21.4 Å². The number of benzene rings is 1. The molecule has 0 aliphatic carbocycles. The van der Waals surface area contributed by atoms with E-state index in [0.717, 1.165) is 5.56 Å². The molecule has 0 fully saturated rings. The number of carbonyl (C=O) groups excluding carboxylic acids is 1. The lowest BCUT2D eigenvalue weighted by Gasteiger charge is -2.18. The molecular formula is C20H23N5O3S. The van der Waals surface area contributed by atoms with E-state index in [0.29, 0.717) is 24.6 Å². The molecule has 0 saturated carbocycles. The Morgan fingerprint density at radius 2 is 1.83 bits per heavy atom. The molecule has 3 rings (SSSR count). The molecule has 0 spiro atoms. The van der Waals surface area contributed by atoms with Crippen LogP contribution in [0.1, 0.15) is 25.2 Å². The van der Waals surface area contributed by atoms with Gasteiger partial charge in [0.25, 0.3) is 0 Å². The van der Waals surface area contributed by atoms with Crippen molar-refractivity contribution in [3.8, 4) is 0 Å². The lowest BCUT2D eigenvalue weighted by Crippen LogP contribution is -2.30. The van der Waals surface area contributed by atoms with Crippen molar-refractivity contribution in [3.63, 3.8) is 0 Å². The first-order chi connectivity index (χ1) is 14.0. The molecule has 1 amide bonds. The predicted molar refractivity (Wildman–Crippen MR) is 110 cm³/mol. The van der Waals surface area contributed by atoms with E-state index in [-0.39, 0.29) is 17.3 Å². The average Bonchev–Trinajstić information content (AvgIpc) is 3.15. The third kappa shape index (κ3) is 4.69. The highest BCUT2D eigenvalue weighted by molar-refractivity contribution is 7.89. The molecular weight excluding hydrogens is 390 g/mol. The van der Waals surface area contributed by atoms with E-state index >= 15 is 0 Å². The number of nitrogens with one attached hydrogen (secondary N) is 1. The molecule has 0 bridgehead atoms. The van der Waals surface area contributed by atoms with E-state index in [2.05, 4.69) is 15.5 Å². The monoisotopic (exact) mass is 413 g/mol. The van der Waals surface area contributed by atoms with Crippen LogP contribution in [0.4, 0.5) is 0 Å². The molecule has 0 aliphatic heterocycles. The summed E-state index contributed by atoms with van der Waals surface area (Å²) in [6.07, 6.45) is 4.86. The Morgan fingerprint density at radius 3 is 2.52 bits per heavy atom. The first-order valence-electron chi connectivity index (χ1n) is 9.30. The van der Waals surface area contributed by atoms with Crippen LogP contribution >= 0.6 is 0 Å². The van der Waals surface area contributed by atoms with Gasteiger partial charge in [-0.1, -0.05) is 32.0 Å². The molecule has 0 saturated heterocycles. The van der Waals surface area contributed by atoms with Crippen molar-refractivity contribution in [3.05, 3.63) is 66.1 Å². The Balaban J connectivity index is 1.61. The highest BCUT2D eigenvalue weighted by atomic mass is 32.2. The van der Waals surface area contributed by atoms with Crippen molar-refractivity contribution in [2.75, 3.05) is 13.1 Å². The van der Waals surface area contributed by atoms with E-state index in [1.807, 2.05) is 24.4 Å². The Kier molecular flexibility index (Phi) is 6.40. The maximum atomic E-state index is 12.5. The van der Waals surface area contributed by atoms with Crippen molar-refractivity contribution in [1.29, 1.82) is 0 Å². The molecule has 0 atom stereocenters. The number of pyridine rings is 1. The van der Waals surface area contributed by atoms with Crippen LogP contribution in [0.2, 0.25) is 0 Å². The average molecular weight is 414 g/mol. The third-order valence-corrected chi connectivity index (χ3v) is 6.52. The number of rotatable bonds is 8. The van der Waals surface area contributed by atoms with Gasteiger partial charge in [-0.3, -0.25) is 9.20 Å². The number of fused-ring (bicyclic) bond motifs is 1. The van der Waals surface area contributed by atoms with Crippen LogP contribution in [0.3, 0.4) is 0 Å². The van der Waals surface area contributed by atoms with E-state index in [9.17, 15) is 13.2 Å². The van der Waals surface area contributed by atoms with Gasteiger partial charge >= 0.3 is 0 Å². The minimum atomic E-state index is -3.49. The van der Waals surface area contributed by atoms with Gasteiger partial charge in [-0.25, -0.2) is 8.42 Å². The summed E-state index contributed by atoms with van der Waals surface area (Å²) >= 11 is 0. The Morgan fingerprint density at radius 1 is 1.10 bits per heavy atom. The summed E-state index contributed by atoms with van der Waals surface area (Å²) in [6, 6.07) is 12.0. The van der Waals surface area contributed by atoms with Gasteiger partial charge in [-0.15, -0.1) is 10.2 Å². The minimum Gasteiger partial charge on any atom is -0.345 e. The van der Waals surface area contributed by atoms with Crippen molar-refractivity contribution in [2.45, 2.75) is 25.3 Å². The van der Waals surface area contributed by atoms with E-state index in [4.69, 9.17) is 0 Å². The largest absolute Gasteiger partial charge is 0.345 e. The number of amides is 1. The summed E-state index contributed by atoms with van der Waals surface area (Å²) in [5.74, 6) is 0.353. The zero-order chi connectivity index (χ0) is 20.9. The Labute approximate surface area is 169 Å². The summed E-state index contributed by atoms with van der Waals surface area (Å²) in [6.45, 7) is 4.69. The molecule has 9 heteroatoms. The fourth-order valence-corrected chi connectivity index (χ4v) is 4.33. The topological polar surface area (TPSA) is 96.7 Å². The van der Waals surface area contributed by atoms with Gasteiger partial charge in [0.1, 0.15) is 0 Å². The first kappa shape index (κ1) is 20.7. The van der Waals surface area contributed by atoms with Gasteiger partial charge in [-0.2, -0.15) is 4.31 Å². The number of nitrogens with zero attached hydrogens (tertiary/aromatic N) is 4. The van der Waals surface area contributed by atoms with Crippen LogP contribution in [0.5, 0.6) is 0 Å². The second-order valence-corrected chi connectivity index (χ2v) is 8.19. The summed E-state index contributed by atoms with van der Waals surface area (Å²) in [7, 11) is -3.49. The zero-order valence-corrected chi connectivity index (χ0v) is 17.1. The summed E-state index contributed by atoms with van der Waals surface area (Å²) in [5, 5.41) is 10.9. The van der Waals surface area contributed by atoms with Crippen LogP contribution in [0.15, 0.2) is 59.6 Å². The van der Waals surface area contributed by atoms with Gasteiger partial charge < -0.3 is 5.32 Å². The zero-order valence-electron chi connectivity index (χ0n) is 16.3. The lowest BCUT2D eigenvalue weighted by molar-refractivity contribution is -0.116. The van der Waals surface area contributed by atoms with Crippen molar-refractivity contribution in [2.24, 2.45) is 0 Å². The number of hydrogen-bond acceptors (Lipinski definition) is 5. The van der Waals surface area contributed by atoms with Gasteiger partial charge in [-0.05, 0) is 35.9 Å². The molecule has 0 radical (unpaired) electrons. The Bertz CT molecular complexity index is 1120. The van der Waals surface area contributed by atoms with Crippen molar-refractivity contribution < 1.29 is 13.2 Å². The second-order valence-electron chi connectivity index (χ2n) is 6.25. The maximum absolute atomic E-state index is 12.5. The summed E-state index contributed by atoms with van der Waals surface area (Å²) < 4.78 is 28.2. The number of carbonyl (C=O) groups is 1. The van der Waals surface area contributed by atoms with Crippen LogP contribution < -0.4 is 5.32 Å². The molecule has 2 aromatic heterocycles. The van der Waals surface area contributed by atoms with Crippen LogP contribution in [-0.4, -0.2) is 46.3 Å². The molecule has 1 aromatic carbocycles. The molecule has 8 nitrogen and oxygen atoms in total. The first-order valence-corrected chi connectivity index (χ1v) is 10.7. The standard InChI is InChI=1S/C20H23N5O3S/c1-3-24(4-2)29(27,28)17-11-8-16(9-12-17)10-13-20(26)21-15-19-23-22-18-7-5-6-14-25(18)19/h5-14H,3-4,15H2,1-2H3,(H,21,26)/b13-10+. The highest BCUT2D eigenvalue weighted by Gasteiger charge is 2.20. The lowest BCUT2D eigenvalue weighted by atomic mass is 10.2. The van der Waals surface area contributed by atoms with E-state index in [1.54, 1.807) is 48.6 Å². The number of sulfonamides is 1. The van der Waals surface area contributed by atoms with Gasteiger partial charge in [0, 0.05) is 25.4 Å². The van der Waals surface area contributed by atoms with Gasteiger partial charge in [0.15, 0.2) is 11.5 Å². The molecule has 1 N–H and O–H groups in total. The van der Waals surface area contributed by atoms with Gasteiger partial charge in [0.2, 0.25) is 15.9 Å². The third-order valence-electron chi connectivity index (χ3n) is 4.46. The number of aromatic nitrogens is 3. The normalized spacial score (nSPS) is 12.1. The fraction of sp³-hybridized carbons (Fsp3) is 0.250. The van der Waals surface area contributed by atoms with E-state index < -0.39 is 10.0 Å². The smallest absolute Gasteiger partial charge is 0.244 e. The summed E-state index contributed by atoms with van der Waals surface area (Å²) in [4.78, 5) is 12.3. The van der Waals surface area contributed by atoms with Crippen molar-refractivity contribution in [1.82, 2.24) is 24.2 Å². The fourth-order valence-electron chi connectivity index (χ4n) is 2.87. The maximum Gasteiger partial charge on any atom is 0.244 e. The summed E-state index contributed by atoms with van der Waals surface area (Å²) in [5.41, 5.74) is 1.44. The van der Waals surface area contributed by atoms with E-state index in [1.165, 1.54) is 10.4 Å². The van der Waals surface area contributed by atoms with Gasteiger partial charge in [0.05, 0.1) is 11.4 Å². The van der Waals surface area contributed by atoms with Crippen molar-refractivity contribution >= 4 is 27.7 Å². The quantitative estimate of drug-likeness (QED) is 0.571. The molecule has 2 heterocycles. The predicted octanol–water partition coefficient (Wildman–Crippen LogP) is 2.09. The molecule has 3 aromatic rings. The second kappa shape index (κ2) is 8.97.